The molecule has 5 rings (SSSR count). The van der Waals surface area contributed by atoms with Crippen LogP contribution in [0, 0.1) is 6.92 Å². The third-order valence-corrected chi connectivity index (χ3v) is 6.04. The maximum atomic E-state index is 12.4. The summed E-state index contributed by atoms with van der Waals surface area (Å²) in [5.74, 6) is 0.0225. The fourth-order valence-electron chi connectivity index (χ4n) is 3.28. The Labute approximate surface area is 187 Å². The maximum Gasteiger partial charge on any atom is 0.234 e. The number of rotatable bonds is 5. The van der Waals surface area contributed by atoms with Crippen molar-refractivity contribution in [2.75, 3.05) is 11.1 Å². The second kappa shape index (κ2) is 8.05. The van der Waals surface area contributed by atoms with E-state index in [2.05, 4.69) is 20.6 Å². The lowest BCUT2D eigenvalue weighted by Gasteiger charge is -2.07. The van der Waals surface area contributed by atoms with E-state index < -0.39 is 0 Å². The third-order valence-electron chi connectivity index (χ3n) is 4.79. The number of halogens is 1. The quantitative estimate of drug-likeness (QED) is 0.393. The summed E-state index contributed by atoms with van der Waals surface area (Å²) in [5, 5.41) is 17.2. The Morgan fingerprint density at radius 2 is 1.94 bits per heavy atom. The van der Waals surface area contributed by atoms with E-state index in [0.29, 0.717) is 21.5 Å². The Morgan fingerprint density at radius 1 is 1.10 bits per heavy atom. The van der Waals surface area contributed by atoms with Gasteiger partial charge in [0.15, 0.2) is 10.8 Å². The molecular weight excluding hydrogens is 432 g/mol. The molecule has 0 saturated carbocycles. The van der Waals surface area contributed by atoms with Crippen LogP contribution in [0.15, 0.2) is 72.1 Å². The summed E-state index contributed by atoms with van der Waals surface area (Å²) in [7, 11) is 0. The highest BCUT2D eigenvalue weighted by molar-refractivity contribution is 7.99. The molecule has 0 bridgehead atoms. The molecule has 0 aliphatic rings. The summed E-state index contributed by atoms with van der Waals surface area (Å²) in [6.07, 6.45) is 3.70. The smallest absolute Gasteiger partial charge is 0.234 e. The predicted molar refractivity (Wildman–Crippen MR) is 123 cm³/mol. The van der Waals surface area contributed by atoms with Crippen molar-refractivity contribution in [1.29, 1.82) is 0 Å². The zero-order valence-electron chi connectivity index (χ0n) is 16.5. The largest absolute Gasteiger partial charge is 0.324 e. The van der Waals surface area contributed by atoms with Crippen LogP contribution in [0.4, 0.5) is 5.69 Å². The van der Waals surface area contributed by atoms with Gasteiger partial charge in [0, 0.05) is 18.0 Å². The molecule has 0 atom stereocenters. The second-order valence-electron chi connectivity index (χ2n) is 7.02. The van der Waals surface area contributed by atoms with Gasteiger partial charge in [-0.15, -0.1) is 10.2 Å². The lowest BCUT2D eigenvalue weighted by atomic mass is 10.1. The van der Waals surface area contributed by atoms with Gasteiger partial charge >= 0.3 is 0 Å². The van der Waals surface area contributed by atoms with Crippen LogP contribution in [-0.4, -0.2) is 35.9 Å². The molecule has 0 aliphatic carbocycles. The molecule has 31 heavy (non-hydrogen) atoms. The van der Waals surface area contributed by atoms with Crippen LogP contribution in [-0.2, 0) is 4.79 Å². The molecule has 5 aromatic rings. The maximum absolute atomic E-state index is 12.4. The second-order valence-corrected chi connectivity index (χ2v) is 8.37. The number of hydrogen-bond acceptors (Lipinski definition) is 5. The van der Waals surface area contributed by atoms with Gasteiger partial charge < -0.3 is 5.32 Å². The van der Waals surface area contributed by atoms with Gasteiger partial charge in [-0.05, 0) is 30.7 Å². The fraction of sp³-hybridized carbons (Fsp3) is 0.0909. The SMILES string of the molecule is Cc1ccc(NC(=O)CSc2nnc3c4cc(-c5ccccc5)nn4ccn23)c(Cl)c1. The molecule has 3 heterocycles. The Kier molecular flexibility index (Phi) is 5.09. The number of fused-ring (bicyclic) bond motifs is 3. The number of benzene rings is 2. The number of thioether (sulfide) groups is 1. The topological polar surface area (TPSA) is 76.6 Å². The Balaban J connectivity index is 1.36. The highest BCUT2D eigenvalue weighted by Crippen LogP contribution is 2.25. The van der Waals surface area contributed by atoms with E-state index in [1.165, 1.54) is 11.8 Å². The number of hydrogen-bond donors (Lipinski definition) is 1. The molecule has 2 aromatic carbocycles. The molecule has 0 saturated heterocycles. The van der Waals surface area contributed by atoms with Crippen molar-refractivity contribution in [1.82, 2.24) is 24.2 Å². The molecule has 154 valence electrons. The van der Waals surface area contributed by atoms with Gasteiger partial charge in [-0.3, -0.25) is 9.20 Å². The standard InChI is InChI=1S/C22H17ClN6OS/c1-14-7-8-17(16(23)11-14)24-20(30)13-31-22-26-25-21-19-12-18(15-5-3-2-4-6-15)27-29(19)10-9-28(21)22/h2-12H,13H2,1H3,(H,24,30). The molecule has 9 heteroatoms. The lowest BCUT2D eigenvalue weighted by Crippen LogP contribution is -2.14. The molecule has 7 nitrogen and oxygen atoms in total. The minimum atomic E-state index is -0.163. The van der Waals surface area contributed by atoms with Gasteiger partial charge in [0.1, 0.15) is 5.52 Å². The van der Waals surface area contributed by atoms with Gasteiger partial charge in [-0.1, -0.05) is 59.8 Å². The third kappa shape index (κ3) is 3.87. The number of anilines is 1. The van der Waals surface area contributed by atoms with Crippen molar-refractivity contribution in [3.8, 4) is 11.3 Å². The van der Waals surface area contributed by atoms with E-state index >= 15 is 0 Å². The summed E-state index contributed by atoms with van der Waals surface area (Å²) in [6, 6.07) is 17.5. The molecular formula is C22H17ClN6OS. The van der Waals surface area contributed by atoms with E-state index in [4.69, 9.17) is 11.6 Å². The van der Waals surface area contributed by atoms with Crippen molar-refractivity contribution >= 4 is 46.1 Å². The van der Waals surface area contributed by atoms with Crippen LogP contribution < -0.4 is 5.32 Å². The Hall–Kier alpha value is -3.36. The first kappa shape index (κ1) is 19.6. The van der Waals surface area contributed by atoms with Crippen LogP contribution in [0.3, 0.4) is 0 Å². The van der Waals surface area contributed by atoms with Crippen molar-refractivity contribution in [3.63, 3.8) is 0 Å². The van der Waals surface area contributed by atoms with Crippen LogP contribution >= 0.6 is 23.4 Å². The fourth-order valence-corrected chi connectivity index (χ4v) is 4.28. The molecule has 0 spiro atoms. The zero-order valence-corrected chi connectivity index (χ0v) is 18.1. The lowest BCUT2D eigenvalue weighted by molar-refractivity contribution is -0.113. The highest BCUT2D eigenvalue weighted by Gasteiger charge is 2.14. The number of nitrogens with zero attached hydrogens (tertiary/aromatic N) is 5. The van der Waals surface area contributed by atoms with Gasteiger partial charge in [-0.25, -0.2) is 4.52 Å². The van der Waals surface area contributed by atoms with Gasteiger partial charge in [-0.2, -0.15) is 5.10 Å². The van der Waals surface area contributed by atoms with Crippen molar-refractivity contribution in [2.24, 2.45) is 0 Å². The Morgan fingerprint density at radius 3 is 2.74 bits per heavy atom. The summed E-state index contributed by atoms with van der Waals surface area (Å²) in [4.78, 5) is 12.4. The normalized spacial score (nSPS) is 11.3. The van der Waals surface area contributed by atoms with E-state index in [1.54, 1.807) is 10.6 Å². The van der Waals surface area contributed by atoms with Gasteiger partial charge in [0.05, 0.1) is 22.2 Å². The van der Waals surface area contributed by atoms with Crippen molar-refractivity contribution < 1.29 is 4.79 Å². The van der Waals surface area contributed by atoms with E-state index in [-0.39, 0.29) is 11.7 Å². The number of nitrogens with one attached hydrogen (secondary N) is 1. The number of aromatic nitrogens is 5. The number of amides is 1. The molecule has 1 N–H and O–H groups in total. The number of carbonyl (C=O) groups excluding carboxylic acids is 1. The average molecular weight is 449 g/mol. The summed E-state index contributed by atoms with van der Waals surface area (Å²) in [5.41, 5.74) is 5.05. The Bertz CT molecular complexity index is 1410. The first-order valence-electron chi connectivity index (χ1n) is 9.56. The summed E-state index contributed by atoms with van der Waals surface area (Å²) >= 11 is 7.51. The molecule has 0 aliphatic heterocycles. The molecule has 0 radical (unpaired) electrons. The van der Waals surface area contributed by atoms with E-state index in [1.807, 2.05) is 72.2 Å². The number of aryl methyl sites for hydroxylation is 1. The summed E-state index contributed by atoms with van der Waals surface area (Å²) in [6.45, 7) is 1.95. The molecule has 0 unspecified atom stereocenters. The monoisotopic (exact) mass is 448 g/mol. The predicted octanol–water partition coefficient (Wildman–Crippen LogP) is 4.74. The van der Waals surface area contributed by atoms with Crippen LogP contribution in [0.2, 0.25) is 5.02 Å². The van der Waals surface area contributed by atoms with Crippen LogP contribution in [0.25, 0.3) is 22.4 Å². The first-order valence-corrected chi connectivity index (χ1v) is 10.9. The summed E-state index contributed by atoms with van der Waals surface area (Å²) < 4.78 is 3.65. The van der Waals surface area contributed by atoms with E-state index in [9.17, 15) is 4.79 Å². The molecule has 1 amide bonds. The van der Waals surface area contributed by atoms with Gasteiger partial charge in [0.2, 0.25) is 5.91 Å². The zero-order chi connectivity index (χ0) is 21.4. The molecule has 0 fully saturated rings. The highest BCUT2D eigenvalue weighted by atomic mass is 35.5. The minimum Gasteiger partial charge on any atom is -0.324 e. The van der Waals surface area contributed by atoms with Crippen molar-refractivity contribution in [3.05, 3.63) is 77.6 Å². The van der Waals surface area contributed by atoms with Gasteiger partial charge in [0.25, 0.3) is 0 Å². The van der Waals surface area contributed by atoms with Crippen molar-refractivity contribution in [2.45, 2.75) is 12.1 Å². The minimum absolute atomic E-state index is 0.163. The van der Waals surface area contributed by atoms with Crippen LogP contribution in [0.1, 0.15) is 5.56 Å². The molecule has 3 aromatic heterocycles. The average Bonchev–Trinajstić information content (AvgIpc) is 3.39. The number of carbonyl (C=O) groups is 1. The van der Waals surface area contributed by atoms with Crippen LogP contribution in [0.5, 0.6) is 0 Å². The van der Waals surface area contributed by atoms with E-state index in [0.717, 1.165) is 22.3 Å². The first-order chi connectivity index (χ1) is 15.1.